The first-order valence-electron chi connectivity index (χ1n) is 10.1. The molecule has 0 aliphatic rings. The molecule has 0 unspecified atom stereocenters. The van der Waals surface area contributed by atoms with Crippen LogP contribution < -0.4 is 9.64 Å². The number of alkyl halides is 3. The molecule has 182 valence electrons. The minimum absolute atomic E-state index is 0.292. The number of thiazole rings is 1. The number of carbonyl (C=O) groups is 1. The molecule has 7 nitrogen and oxygen atoms in total. The number of hydrogen-bond acceptors (Lipinski definition) is 8. The third-order valence-corrected chi connectivity index (χ3v) is 7.27. The third-order valence-electron chi connectivity index (χ3n) is 4.81. The number of ether oxygens (including phenoxy) is 1. The van der Waals surface area contributed by atoms with Gasteiger partial charge in [0.1, 0.15) is 10.5 Å². The highest BCUT2D eigenvalue weighted by Gasteiger charge is 2.31. The van der Waals surface area contributed by atoms with Crippen molar-refractivity contribution in [1.82, 2.24) is 15.0 Å². The average molecular weight is 513 g/mol. The predicted octanol–water partition coefficient (Wildman–Crippen LogP) is 5.44. The monoisotopic (exact) mass is 512 g/mol. The van der Waals surface area contributed by atoms with Gasteiger partial charge in [0.2, 0.25) is 5.95 Å². The van der Waals surface area contributed by atoms with E-state index in [1.807, 2.05) is 18.9 Å². The molecule has 0 fully saturated rings. The number of carboxylic acid groups (broad SMARTS) is 1. The maximum Gasteiger partial charge on any atom is 0.573 e. The van der Waals surface area contributed by atoms with Crippen molar-refractivity contribution in [2.45, 2.75) is 42.6 Å². The Morgan fingerprint density at radius 1 is 1.15 bits per heavy atom. The van der Waals surface area contributed by atoms with Crippen LogP contribution in [0, 0.1) is 6.92 Å². The minimum atomic E-state index is -4.73. The maximum atomic E-state index is 12.3. The highest BCUT2D eigenvalue weighted by molar-refractivity contribution is 8.03. The first-order valence-corrected chi connectivity index (χ1v) is 11.8. The smallest absolute Gasteiger partial charge is 0.480 e. The van der Waals surface area contributed by atoms with Crippen LogP contribution in [0.3, 0.4) is 0 Å². The van der Waals surface area contributed by atoms with Gasteiger partial charge in [-0.3, -0.25) is 4.79 Å². The second kappa shape index (κ2) is 10.2. The Morgan fingerprint density at radius 2 is 1.76 bits per heavy atom. The Hall–Kier alpha value is -2.86. The van der Waals surface area contributed by atoms with E-state index in [9.17, 15) is 23.1 Å². The highest BCUT2D eigenvalue weighted by Crippen LogP contribution is 2.36. The molecule has 34 heavy (non-hydrogen) atoms. The van der Waals surface area contributed by atoms with Gasteiger partial charge in [-0.15, -0.1) is 24.5 Å². The summed E-state index contributed by atoms with van der Waals surface area (Å²) in [6.07, 6.45) is -0.817. The summed E-state index contributed by atoms with van der Waals surface area (Å²) in [4.78, 5) is 27.5. The number of rotatable bonds is 9. The molecule has 1 N–H and O–H groups in total. The summed E-state index contributed by atoms with van der Waals surface area (Å²) in [7, 11) is 1.86. The van der Waals surface area contributed by atoms with Crippen LogP contribution in [0.15, 0.2) is 41.0 Å². The molecule has 3 rings (SSSR count). The van der Waals surface area contributed by atoms with Gasteiger partial charge in [0.25, 0.3) is 0 Å². The summed E-state index contributed by atoms with van der Waals surface area (Å²) in [5.74, 6) is -0.678. The van der Waals surface area contributed by atoms with Crippen LogP contribution in [-0.4, -0.2) is 50.7 Å². The van der Waals surface area contributed by atoms with Crippen LogP contribution in [-0.2, 0) is 11.2 Å². The second-order valence-corrected chi connectivity index (χ2v) is 10.9. The Morgan fingerprint density at radius 3 is 2.32 bits per heavy atom. The van der Waals surface area contributed by atoms with Gasteiger partial charge in [-0.05, 0) is 38.5 Å². The van der Waals surface area contributed by atoms with E-state index in [0.717, 1.165) is 14.9 Å². The van der Waals surface area contributed by atoms with Gasteiger partial charge in [0.15, 0.2) is 4.34 Å². The van der Waals surface area contributed by atoms with Crippen molar-refractivity contribution in [1.29, 1.82) is 0 Å². The van der Waals surface area contributed by atoms with E-state index in [4.69, 9.17) is 0 Å². The van der Waals surface area contributed by atoms with Gasteiger partial charge in [0, 0.05) is 42.8 Å². The molecule has 2 aromatic heterocycles. The number of benzene rings is 1. The number of carboxylic acids is 1. The zero-order chi connectivity index (χ0) is 25.1. The van der Waals surface area contributed by atoms with E-state index in [0.29, 0.717) is 30.0 Å². The first kappa shape index (κ1) is 25.8. The van der Waals surface area contributed by atoms with Gasteiger partial charge in [-0.1, -0.05) is 23.9 Å². The Balaban J connectivity index is 1.60. The topological polar surface area (TPSA) is 88.4 Å². The van der Waals surface area contributed by atoms with E-state index in [-0.39, 0.29) is 5.75 Å². The van der Waals surface area contributed by atoms with Crippen LogP contribution in [0.1, 0.15) is 24.4 Å². The fraction of sp³-hybridized carbons (Fsp3) is 0.364. The lowest BCUT2D eigenvalue weighted by Crippen LogP contribution is -2.26. The molecule has 0 aliphatic heterocycles. The van der Waals surface area contributed by atoms with E-state index in [1.54, 1.807) is 26.2 Å². The lowest BCUT2D eigenvalue weighted by atomic mass is 10.1. The van der Waals surface area contributed by atoms with Crippen molar-refractivity contribution in [2.24, 2.45) is 0 Å². The summed E-state index contributed by atoms with van der Waals surface area (Å²) in [5.41, 5.74) is 2.20. The molecule has 0 bridgehead atoms. The summed E-state index contributed by atoms with van der Waals surface area (Å²) < 4.78 is 40.5. The summed E-state index contributed by atoms with van der Waals surface area (Å²) in [5, 5.41) is 9.31. The Labute approximate surface area is 203 Å². The molecular formula is C22H23F3N4O3S2. The van der Waals surface area contributed by atoms with Crippen molar-refractivity contribution in [2.75, 3.05) is 18.5 Å². The summed E-state index contributed by atoms with van der Waals surface area (Å²) in [6.45, 7) is 5.82. The number of nitrogens with zero attached hydrogens (tertiary/aromatic N) is 4. The van der Waals surface area contributed by atoms with Crippen molar-refractivity contribution >= 4 is 35.0 Å². The maximum absolute atomic E-state index is 12.3. The van der Waals surface area contributed by atoms with Gasteiger partial charge < -0.3 is 14.7 Å². The molecule has 1 aromatic carbocycles. The number of halogens is 3. The SMILES string of the molecule is Cc1nc(SC(C)(C)C(=O)O)sc1CCN(C)c1ncc(-c2ccc(OC(F)(F)F)cc2)cn1. The standard InChI is InChI=1S/C22H23F3N4O3S2/c1-13-17(33-20(28-13)34-21(2,3)18(30)31)9-10-29(4)19-26-11-15(12-27-19)14-5-7-16(8-6-14)32-22(23,24)25/h5-8,11-12H,9-10H2,1-4H3,(H,30,31). The number of aryl methyl sites for hydroxylation is 1. The number of aliphatic carboxylic acids is 1. The molecule has 0 spiro atoms. The molecule has 0 radical (unpaired) electrons. The molecule has 0 saturated carbocycles. The number of anilines is 1. The third kappa shape index (κ3) is 6.83. The van der Waals surface area contributed by atoms with Crippen molar-refractivity contribution in [3.63, 3.8) is 0 Å². The van der Waals surface area contributed by atoms with Gasteiger partial charge in [-0.25, -0.2) is 15.0 Å². The zero-order valence-electron chi connectivity index (χ0n) is 18.9. The fourth-order valence-electron chi connectivity index (χ4n) is 2.82. The lowest BCUT2D eigenvalue weighted by Gasteiger charge is -2.17. The molecule has 12 heteroatoms. The number of hydrogen-bond donors (Lipinski definition) is 1. The lowest BCUT2D eigenvalue weighted by molar-refractivity contribution is -0.274. The van der Waals surface area contributed by atoms with Gasteiger partial charge in [-0.2, -0.15) is 0 Å². The van der Waals surface area contributed by atoms with E-state index in [2.05, 4.69) is 19.7 Å². The number of thioether (sulfide) groups is 1. The zero-order valence-corrected chi connectivity index (χ0v) is 20.5. The molecular weight excluding hydrogens is 489 g/mol. The molecule has 0 saturated heterocycles. The van der Waals surface area contributed by atoms with Gasteiger partial charge in [0.05, 0.1) is 5.69 Å². The van der Waals surface area contributed by atoms with Crippen LogP contribution >= 0.6 is 23.1 Å². The number of likely N-dealkylation sites (N-methyl/N-ethyl adjacent to an activating group) is 1. The molecule has 0 atom stereocenters. The van der Waals surface area contributed by atoms with Crippen LogP contribution in [0.2, 0.25) is 0 Å². The van der Waals surface area contributed by atoms with Crippen LogP contribution in [0.25, 0.3) is 11.1 Å². The predicted molar refractivity (Wildman–Crippen MR) is 126 cm³/mol. The quantitative estimate of drug-likeness (QED) is 0.379. The normalized spacial score (nSPS) is 12.0. The largest absolute Gasteiger partial charge is 0.573 e. The molecule has 0 aliphatic carbocycles. The Bertz CT molecular complexity index is 1130. The number of aromatic nitrogens is 3. The van der Waals surface area contributed by atoms with E-state index >= 15 is 0 Å². The van der Waals surface area contributed by atoms with Crippen molar-refractivity contribution in [3.8, 4) is 16.9 Å². The Kier molecular flexibility index (Phi) is 7.71. The van der Waals surface area contributed by atoms with Crippen LogP contribution in [0.5, 0.6) is 5.75 Å². The minimum Gasteiger partial charge on any atom is -0.480 e. The average Bonchev–Trinajstić information content (AvgIpc) is 3.09. The molecule has 2 heterocycles. The van der Waals surface area contributed by atoms with E-state index in [1.165, 1.54) is 47.4 Å². The van der Waals surface area contributed by atoms with E-state index < -0.39 is 17.1 Å². The van der Waals surface area contributed by atoms with Crippen LogP contribution in [0.4, 0.5) is 19.1 Å². The summed E-state index contributed by atoms with van der Waals surface area (Å²) >= 11 is 2.71. The highest BCUT2D eigenvalue weighted by atomic mass is 32.2. The first-order chi connectivity index (χ1) is 15.8. The second-order valence-electron chi connectivity index (χ2n) is 7.92. The van der Waals surface area contributed by atoms with Crippen molar-refractivity contribution in [3.05, 3.63) is 47.2 Å². The molecule has 3 aromatic rings. The van der Waals surface area contributed by atoms with Gasteiger partial charge >= 0.3 is 12.3 Å². The molecule has 0 amide bonds. The van der Waals surface area contributed by atoms with Crippen molar-refractivity contribution < 1.29 is 27.8 Å². The fourth-order valence-corrected chi connectivity index (χ4v) is 5.40. The summed E-state index contributed by atoms with van der Waals surface area (Å²) in [6, 6.07) is 5.50.